The van der Waals surface area contributed by atoms with Gasteiger partial charge in [-0.3, -0.25) is 15.3 Å². The number of nitrogens with zero attached hydrogens (tertiary/aromatic N) is 4. The van der Waals surface area contributed by atoms with Crippen LogP contribution < -0.4 is 0 Å². The molecule has 120 valence electrons. The summed E-state index contributed by atoms with van der Waals surface area (Å²) in [5.74, 6) is 0.937. The van der Waals surface area contributed by atoms with Crippen LogP contribution in [0.3, 0.4) is 0 Å². The monoisotopic (exact) mass is 307 g/mol. The molecule has 5 atom stereocenters. The van der Waals surface area contributed by atoms with Crippen LogP contribution in [0.1, 0.15) is 27.2 Å². The summed E-state index contributed by atoms with van der Waals surface area (Å²) in [7, 11) is 0. The average Bonchev–Trinajstić information content (AvgIpc) is 2.93. The fraction of sp³-hybridized carbons (Fsp3) is 0.714. The highest BCUT2D eigenvalue weighted by molar-refractivity contribution is 6.24. The second-order valence-corrected chi connectivity index (χ2v) is 6.37. The third-order valence-electron chi connectivity index (χ3n) is 4.23. The number of hydrogen-bond donors (Lipinski definition) is 3. The number of aliphatic hydroxyl groups is 2. The summed E-state index contributed by atoms with van der Waals surface area (Å²) in [6.45, 7) is 5.79. The number of rotatable bonds is 3. The predicted molar refractivity (Wildman–Crippen MR) is 82.5 cm³/mol. The Balaban J connectivity index is 1.94. The van der Waals surface area contributed by atoms with Crippen LogP contribution >= 0.6 is 0 Å². The van der Waals surface area contributed by atoms with Gasteiger partial charge in [0.1, 0.15) is 24.4 Å². The molecule has 0 aromatic rings. The zero-order valence-electron chi connectivity index (χ0n) is 12.8. The van der Waals surface area contributed by atoms with Gasteiger partial charge in [-0.05, 0) is 19.3 Å². The third-order valence-corrected chi connectivity index (χ3v) is 4.23. The van der Waals surface area contributed by atoms with Crippen molar-refractivity contribution in [3.8, 4) is 0 Å². The quantitative estimate of drug-likeness (QED) is 0.681. The Morgan fingerprint density at radius 1 is 1.41 bits per heavy atom. The van der Waals surface area contributed by atoms with Crippen LogP contribution in [-0.2, 0) is 4.74 Å². The van der Waals surface area contributed by atoms with Crippen molar-refractivity contribution in [3.63, 3.8) is 0 Å². The highest BCUT2D eigenvalue weighted by Crippen LogP contribution is 2.35. The smallest absolute Gasteiger partial charge is 0.179 e. The highest BCUT2D eigenvalue weighted by atomic mass is 16.6. The minimum absolute atomic E-state index is 0.131. The van der Waals surface area contributed by atoms with Crippen molar-refractivity contribution < 1.29 is 14.9 Å². The number of nitrogens with one attached hydrogen (secondary N) is 1. The Kier molecular flexibility index (Phi) is 3.62. The van der Waals surface area contributed by atoms with Gasteiger partial charge >= 0.3 is 0 Å². The van der Waals surface area contributed by atoms with Gasteiger partial charge < -0.3 is 14.9 Å². The van der Waals surface area contributed by atoms with Crippen molar-refractivity contribution in [2.75, 3.05) is 0 Å². The minimum Gasteiger partial charge on any atom is -0.388 e. The SMILES string of the molecule is CC(C)CC12N=CN([C@@H]3O[C@H](C)[C@@H](O)[C@H]3O)C1=NC=NC2=N. The van der Waals surface area contributed by atoms with E-state index in [1.807, 2.05) is 13.8 Å². The van der Waals surface area contributed by atoms with Gasteiger partial charge in [-0.15, -0.1) is 0 Å². The fourth-order valence-corrected chi connectivity index (χ4v) is 3.15. The first-order valence-corrected chi connectivity index (χ1v) is 7.42. The normalized spacial score (nSPS) is 40.5. The number of fused-ring (bicyclic) bond motifs is 1. The lowest BCUT2D eigenvalue weighted by Crippen LogP contribution is -2.54. The standard InChI is InChI=1S/C14H21N5O3/c1-7(2)4-14-12(15)16-5-17-13(14)19(6-18-14)11-10(21)9(20)8(3)22-11/h5-11,15,20-21H,4H2,1-3H3/t8-,9-,10-,11-,14?/m1/s1. The Morgan fingerprint density at radius 2 is 2.14 bits per heavy atom. The van der Waals surface area contributed by atoms with Crippen LogP contribution in [0.4, 0.5) is 0 Å². The topological polar surface area (TPSA) is 114 Å². The molecular formula is C14H21N5O3. The molecule has 8 nitrogen and oxygen atoms in total. The Bertz CT molecular complexity index is 573. The van der Waals surface area contributed by atoms with E-state index in [1.54, 1.807) is 11.8 Å². The molecule has 3 N–H and O–H groups in total. The summed E-state index contributed by atoms with van der Waals surface area (Å²) < 4.78 is 5.64. The van der Waals surface area contributed by atoms with Gasteiger partial charge in [-0.2, -0.15) is 0 Å². The van der Waals surface area contributed by atoms with Gasteiger partial charge in [0.05, 0.1) is 12.4 Å². The molecule has 0 aromatic carbocycles. The maximum absolute atomic E-state index is 10.2. The average molecular weight is 307 g/mol. The van der Waals surface area contributed by atoms with Crippen molar-refractivity contribution >= 4 is 24.3 Å². The van der Waals surface area contributed by atoms with Crippen LogP contribution in [0.5, 0.6) is 0 Å². The summed E-state index contributed by atoms with van der Waals surface area (Å²) in [6, 6.07) is 0. The lowest BCUT2D eigenvalue weighted by Gasteiger charge is -2.34. The number of aliphatic hydroxyl groups excluding tert-OH is 2. The molecule has 0 saturated carbocycles. The first-order valence-electron chi connectivity index (χ1n) is 7.42. The maximum atomic E-state index is 10.2. The van der Waals surface area contributed by atoms with Crippen molar-refractivity contribution in [3.05, 3.63) is 0 Å². The van der Waals surface area contributed by atoms with E-state index in [4.69, 9.17) is 10.1 Å². The largest absolute Gasteiger partial charge is 0.388 e. The van der Waals surface area contributed by atoms with E-state index in [2.05, 4.69) is 15.0 Å². The first kappa shape index (κ1) is 15.3. The van der Waals surface area contributed by atoms with Gasteiger partial charge in [0.2, 0.25) is 0 Å². The molecule has 1 unspecified atom stereocenters. The van der Waals surface area contributed by atoms with Crippen LogP contribution in [0, 0.1) is 11.3 Å². The lowest BCUT2D eigenvalue weighted by molar-refractivity contribution is -0.0309. The molecule has 3 aliphatic heterocycles. The molecule has 3 rings (SSSR count). The van der Waals surface area contributed by atoms with Crippen LogP contribution in [0.25, 0.3) is 0 Å². The second-order valence-electron chi connectivity index (χ2n) is 6.37. The molecule has 0 aromatic heterocycles. The van der Waals surface area contributed by atoms with Gasteiger partial charge in [0.25, 0.3) is 0 Å². The Morgan fingerprint density at radius 3 is 2.73 bits per heavy atom. The maximum Gasteiger partial charge on any atom is 0.179 e. The number of aliphatic imine (C=N–C) groups is 3. The molecule has 0 spiro atoms. The zero-order valence-corrected chi connectivity index (χ0v) is 12.8. The number of hydrogen-bond acceptors (Lipinski definition) is 7. The van der Waals surface area contributed by atoms with E-state index in [0.717, 1.165) is 0 Å². The van der Waals surface area contributed by atoms with Crippen LogP contribution in [0.15, 0.2) is 15.0 Å². The van der Waals surface area contributed by atoms with E-state index < -0.39 is 30.1 Å². The third kappa shape index (κ3) is 2.10. The van der Waals surface area contributed by atoms with Crippen molar-refractivity contribution in [1.29, 1.82) is 5.41 Å². The second kappa shape index (κ2) is 5.22. The van der Waals surface area contributed by atoms with Crippen molar-refractivity contribution in [2.45, 2.75) is 57.3 Å². The van der Waals surface area contributed by atoms with E-state index in [0.29, 0.717) is 12.3 Å². The molecule has 3 heterocycles. The van der Waals surface area contributed by atoms with Gasteiger partial charge in [0, 0.05) is 0 Å². The summed E-state index contributed by atoms with van der Waals surface area (Å²) in [6.07, 6.45) is 0.174. The molecule has 3 aliphatic rings. The molecule has 1 saturated heterocycles. The van der Waals surface area contributed by atoms with Crippen molar-refractivity contribution in [1.82, 2.24) is 4.90 Å². The summed E-state index contributed by atoms with van der Waals surface area (Å²) in [5.41, 5.74) is -0.928. The highest BCUT2D eigenvalue weighted by Gasteiger charge is 2.53. The molecule has 1 fully saturated rings. The number of amidine groups is 2. The summed E-state index contributed by atoms with van der Waals surface area (Å²) in [5, 5.41) is 28.3. The molecule has 0 aliphatic carbocycles. The lowest BCUT2D eigenvalue weighted by atomic mass is 9.86. The predicted octanol–water partition coefficient (Wildman–Crippen LogP) is -0.000530. The van der Waals surface area contributed by atoms with Gasteiger partial charge in [-0.25, -0.2) is 9.98 Å². The molecule has 0 bridgehead atoms. The minimum atomic E-state index is -1.06. The molecule has 0 amide bonds. The first-order chi connectivity index (χ1) is 10.4. The van der Waals surface area contributed by atoms with E-state index in [-0.39, 0.29) is 11.8 Å². The Hall–Kier alpha value is -1.64. The van der Waals surface area contributed by atoms with Gasteiger partial charge in [0.15, 0.2) is 17.6 Å². The van der Waals surface area contributed by atoms with Gasteiger partial charge in [-0.1, -0.05) is 13.8 Å². The molecule has 22 heavy (non-hydrogen) atoms. The Labute approximate surface area is 128 Å². The van der Waals surface area contributed by atoms with Crippen molar-refractivity contribution in [2.24, 2.45) is 20.9 Å². The zero-order chi connectivity index (χ0) is 16.1. The fourth-order valence-electron chi connectivity index (χ4n) is 3.15. The van der Waals surface area contributed by atoms with E-state index >= 15 is 0 Å². The van der Waals surface area contributed by atoms with Crippen LogP contribution in [0.2, 0.25) is 0 Å². The molecule has 8 heteroatoms. The molecule has 0 radical (unpaired) electrons. The van der Waals surface area contributed by atoms with E-state index in [1.165, 1.54) is 12.7 Å². The number of ether oxygens (including phenoxy) is 1. The summed E-state index contributed by atoms with van der Waals surface area (Å²) >= 11 is 0. The van der Waals surface area contributed by atoms with E-state index in [9.17, 15) is 10.2 Å². The summed E-state index contributed by atoms with van der Waals surface area (Å²) in [4.78, 5) is 14.4. The van der Waals surface area contributed by atoms with Crippen LogP contribution in [-0.4, -0.2) is 69.5 Å². The molecular weight excluding hydrogens is 286 g/mol.